The zero-order valence-corrected chi connectivity index (χ0v) is 10.8. The van der Waals surface area contributed by atoms with Gasteiger partial charge < -0.3 is 9.90 Å². The summed E-state index contributed by atoms with van der Waals surface area (Å²) in [5.74, 6) is 0.836. The third kappa shape index (κ3) is 6.67. The molecule has 0 aromatic heterocycles. The van der Waals surface area contributed by atoms with Gasteiger partial charge in [0.1, 0.15) is 5.78 Å². The molecular weight excluding hydrogens is 188 g/mol. The molecule has 0 aromatic carbocycles. The first kappa shape index (κ1) is 14.6. The smallest absolute Gasteiger partial charge is 0.129 e. The van der Waals surface area contributed by atoms with Gasteiger partial charge in [-0.1, -0.05) is 27.7 Å². The third-order valence-electron chi connectivity index (χ3n) is 3.04. The van der Waals surface area contributed by atoms with E-state index >= 15 is 0 Å². The topological polar surface area (TPSA) is 37.3 Å². The number of aliphatic hydroxyl groups is 1. The first-order chi connectivity index (χ1) is 6.75. The first-order valence-corrected chi connectivity index (χ1v) is 5.93. The van der Waals surface area contributed by atoms with Crippen LogP contribution in [0.1, 0.15) is 60.3 Å². The number of carbonyl (C=O) groups is 1. The molecule has 0 bridgehead atoms. The van der Waals surface area contributed by atoms with Crippen LogP contribution in [0.2, 0.25) is 0 Å². The number of ketones is 1. The maximum Gasteiger partial charge on any atom is 0.129 e. The molecule has 0 heterocycles. The molecule has 0 aliphatic carbocycles. The van der Waals surface area contributed by atoms with Crippen molar-refractivity contribution in [2.45, 2.75) is 66.4 Å². The second kappa shape index (κ2) is 6.26. The van der Waals surface area contributed by atoms with E-state index < -0.39 is 0 Å². The van der Waals surface area contributed by atoms with Gasteiger partial charge in [0.2, 0.25) is 0 Å². The van der Waals surface area contributed by atoms with Crippen molar-refractivity contribution in [3.8, 4) is 0 Å². The van der Waals surface area contributed by atoms with Gasteiger partial charge in [-0.25, -0.2) is 0 Å². The summed E-state index contributed by atoms with van der Waals surface area (Å²) in [6.07, 6.45) is 2.94. The summed E-state index contributed by atoms with van der Waals surface area (Å²) >= 11 is 0. The van der Waals surface area contributed by atoms with Gasteiger partial charge in [0.05, 0.1) is 6.10 Å². The number of rotatable bonds is 7. The van der Waals surface area contributed by atoms with Gasteiger partial charge in [0.15, 0.2) is 0 Å². The number of hydrogen-bond acceptors (Lipinski definition) is 2. The monoisotopic (exact) mass is 214 g/mol. The molecule has 90 valence electrons. The van der Waals surface area contributed by atoms with Crippen LogP contribution in [0, 0.1) is 11.3 Å². The van der Waals surface area contributed by atoms with Crippen LogP contribution in [0.5, 0.6) is 0 Å². The SMILES string of the molecule is CC(=O)CCC(C)(C)C(O)CCC(C)C. The molecule has 0 aliphatic heterocycles. The summed E-state index contributed by atoms with van der Waals surface area (Å²) in [6.45, 7) is 10.0. The Morgan fingerprint density at radius 1 is 1.27 bits per heavy atom. The van der Waals surface area contributed by atoms with Gasteiger partial charge in [0, 0.05) is 6.42 Å². The summed E-state index contributed by atoms with van der Waals surface area (Å²) in [7, 11) is 0. The highest BCUT2D eigenvalue weighted by Gasteiger charge is 2.27. The quantitative estimate of drug-likeness (QED) is 0.706. The number of carbonyl (C=O) groups excluding carboxylic acids is 1. The van der Waals surface area contributed by atoms with E-state index in [1.807, 2.05) is 13.8 Å². The van der Waals surface area contributed by atoms with Crippen LogP contribution in [0.25, 0.3) is 0 Å². The minimum Gasteiger partial charge on any atom is -0.393 e. The molecule has 0 saturated heterocycles. The van der Waals surface area contributed by atoms with Crippen LogP contribution >= 0.6 is 0 Å². The highest BCUT2D eigenvalue weighted by molar-refractivity contribution is 5.75. The molecule has 0 spiro atoms. The van der Waals surface area contributed by atoms with Gasteiger partial charge in [-0.3, -0.25) is 0 Å². The Morgan fingerprint density at radius 2 is 1.80 bits per heavy atom. The predicted octanol–water partition coefficient (Wildman–Crippen LogP) is 3.18. The maximum atomic E-state index is 10.9. The van der Waals surface area contributed by atoms with E-state index in [2.05, 4.69) is 13.8 Å². The van der Waals surface area contributed by atoms with E-state index in [-0.39, 0.29) is 17.3 Å². The van der Waals surface area contributed by atoms with Crippen molar-refractivity contribution < 1.29 is 9.90 Å². The van der Waals surface area contributed by atoms with Crippen molar-refractivity contribution in [2.24, 2.45) is 11.3 Å². The fourth-order valence-corrected chi connectivity index (χ4v) is 1.55. The van der Waals surface area contributed by atoms with Crippen molar-refractivity contribution in [3.05, 3.63) is 0 Å². The standard InChI is InChI=1S/C13H26O2/c1-10(2)6-7-12(15)13(4,5)9-8-11(3)14/h10,12,15H,6-9H2,1-5H3. The van der Waals surface area contributed by atoms with Gasteiger partial charge in [0.25, 0.3) is 0 Å². The predicted molar refractivity (Wildman–Crippen MR) is 63.8 cm³/mol. The Labute approximate surface area is 94.1 Å². The molecule has 1 atom stereocenters. The van der Waals surface area contributed by atoms with Crippen LogP contribution in [0.3, 0.4) is 0 Å². The van der Waals surface area contributed by atoms with E-state index in [4.69, 9.17) is 0 Å². The highest BCUT2D eigenvalue weighted by atomic mass is 16.3. The van der Waals surface area contributed by atoms with Crippen molar-refractivity contribution in [1.29, 1.82) is 0 Å². The Hall–Kier alpha value is -0.370. The molecule has 0 amide bonds. The highest BCUT2D eigenvalue weighted by Crippen LogP contribution is 2.30. The second-order valence-electron chi connectivity index (χ2n) is 5.68. The Balaban J connectivity index is 4.01. The summed E-state index contributed by atoms with van der Waals surface area (Å²) < 4.78 is 0. The molecular formula is C13H26O2. The summed E-state index contributed by atoms with van der Waals surface area (Å²) in [5, 5.41) is 10.0. The Morgan fingerprint density at radius 3 is 2.20 bits per heavy atom. The zero-order valence-electron chi connectivity index (χ0n) is 10.8. The lowest BCUT2D eigenvalue weighted by molar-refractivity contribution is -0.117. The van der Waals surface area contributed by atoms with Crippen LogP contribution in [0.15, 0.2) is 0 Å². The minimum atomic E-state index is -0.292. The van der Waals surface area contributed by atoms with E-state index in [1.54, 1.807) is 6.92 Å². The summed E-state index contributed by atoms with van der Waals surface area (Å²) in [5.41, 5.74) is -0.138. The van der Waals surface area contributed by atoms with Gasteiger partial charge in [-0.05, 0) is 37.5 Å². The fraction of sp³-hybridized carbons (Fsp3) is 0.923. The molecule has 1 N–H and O–H groups in total. The molecule has 0 radical (unpaired) electrons. The van der Waals surface area contributed by atoms with Crippen molar-refractivity contribution in [2.75, 3.05) is 0 Å². The van der Waals surface area contributed by atoms with Crippen molar-refractivity contribution >= 4 is 5.78 Å². The number of Topliss-reactive ketones (excluding diaryl/α,β-unsaturated/α-hetero) is 1. The summed E-state index contributed by atoms with van der Waals surface area (Å²) in [6, 6.07) is 0. The van der Waals surface area contributed by atoms with E-state index in [1.165, 1.54) is 0 Å². The molecule has 2 nitrogen and oxygen atoms in total. The van der Waals surface area contributed by atoms with Crippen molar-refractivity contribution in [1.82, 2.24) is 0 Å². The molecule has 0 aromatic rings. The fourth-order valence-electron chi connectivity index (χ4n) is 1.55. The van der Waals surface area contributed by atoms with Crippen molar-refractivity contribution in [3.63, 3.8) is 0 Å². The molecule has 0 rings (SSSR count). The minimum absolute atomic E-state index is 0.138. The Bertz CT molecular complexity index is 195. The van der Waals surface area contributed by atoms with Crippen LogP contribution in [-0.4, -0.2) is 17.0 Å². The number of aliphatic hydroxyl groups excluding tert-OH is 1. The second-order valence-corrected chi connectivity index (χ2v) is 5.68. The lowest BCUT2D eigenvalue weighted by atomic mass is 9.79. The first-order valence-electron chi connectivity index (χ1n) is 5.93. The molecule has 2 heteroatoms. The third-order valence-corrected chi connectivity index (χ3v) is 3.04. The number of hydrogen-bond donors (Lipinski definition) is 1. The van der Waals surface area contributed by atoms with Gasteiger partial charge in [-0.15, -0.1) is 0 Å². The average Bonchev–Trinajstić information content (AvgIpc) is 2.11. The van der Waals surface area contributed by atoms with E-state index in [9.17, 15) is 9.90 Å². The lowest BCUT2D eigenvalue weighted by Gasteiger charge is -2.30. The van der Waals surface area contributed by atoms with Crippen LogP contribution < -0.4 is 0 Å². The van der Waals surface area contributed by atoms with Crippen LogP contribution in [0.4, 0.5) is 0 Å². The van der Waals surface area contributed by atoms with Gasteiger partial charge >= 0.3 is 0 Å². The summed E-state index contributed by atoms with van der Waals surface area (Å²) in [4.78, 5) is 10.9. The maximum absolute atomic E-state index is 10.9. The van der Waals surface area contributed by atoms with E-state index in [0.29, 0.717) is 12.3 Å². The molecule has 0 fully saturated rings. The average molecular weight is 214 g/mol. The Kier molecular flexibility index (Phi) is 6.11. The molecule has 0 aliphatic rings. The molecule has 15 heavy (non-hydrogen) atoms. The normalized spacial score (nSPS) is 14.3. The molecule has 1 unspecified atom stereocenters. The van der Waals surface area contributed by atoms with E-state index in [0.717, 1.165) is 19.3 Å². The zero-order chi connectivity index (χ0) is 12.1. The van der Waals surface area contributed by atoms with Gasteiger partial charge in [-0.2, -0.15) is 0 Å². The largest absolute Gasteiger partial charge is 0.393 e. The van der Waals surface area contributed by atoms with Crippen LogP contribution in [-0.2, 0) is 4.79 Å². The molecule has 0 saturated carbocycles. The lowest BCUT2D eigenvalue weighted by Crippen LogP contribution is -2.30.